The summed E-state index contributed by atoms with van der Waals surface area (Å²) in [7, 11) is 0. The van der Waals surface area contributed by atoms with Crippen LogP contribution in [0.2, 0.25) is 5.02 Å². The fourth-order valence-electron chi connectivity index (χ4n) is 3.72. The molecule has 2 atom stereocenters. The summed E-state index contributed by atoms with van der Waals surface area (Å²) in [5.74, 6) is -1.32. The lowest BCUT2D eigenvalue weighted by atomic mass is 10.1. The minimum absolute atomic E-state index is 0.0651. The number of amides is 2. The summed E-state index contributed by atoms with van der Waals surface area (Å²) in [5.41, 5.74) is 0. The van der Waals surface area contributed by atoms with Crippen LogP contribution in [-0.4, -0.2) is 66.2 Å². The van der Waals surface area contributed by atoms with Crippen LogP contribution in [0.1, 0.15) is 28.9 Å². The maximum atomic E-state index is 12.8. The molecule has 0 saturated carbocycles. The minimum Gasteiger partial charge on any atom is -0.463 e. The van der Waals surface area contributed by atoms with Crippen molar-refractivity contribution >= 4 is 68.1 Å². The van der Waals surface area contributed by atoms with E-state index in [1.165, 1.54) is 11.3 Å². The van der Waals surface area contributed by atoms with Crippen LogP contribution in [0.5, 0.6) is 0 Å². The highest BCUT2D eigenvalue weighted by Crippen LogP contribution is 2.35. The number of halogens is 1. The lowest BCUT2D eigenvalue weighted by Crippen LogP contribution is -2.60. The van der Waals surface area contributed by atoms with E-state index < -0.39 is 17.9 Å². The summed E-state index contributed by atoms with van der Waals surface area (Å²) in [4.78, 5) is 39.5. The first-order valence-electron chi connectivity index (χ1n) is 10.3. The van der Waals surface area contributed by atoms with Crippen LogP contribution in [0.3, 0.4) is 0 Å². The summed E-state index contributed by atoms with van der Waals surface area (Å²) in [6.45, 7) is 1.53. The molecule has 3 heterocycles. The van der Waals surface area contributed by atoms with Crippen molar-refractivity contribution in [1.29, 1.82) is 0 Å². The van der Waals surface area contributed by atoms with E-state index in [4.69, 9.17) is 33.3 Å². The summed E-state index contributed by atoms with van der Waals surface area (Å²) in [5, 5.41) is 6.60. The molecule has 8 nitrogen and oxygen atoms in total. The smallest absolute Gasteiger partial charge is 0.308 e. The summed E-state index contributed by atoms with van der Waals surface area (Å²) < 4.78 is 11.6. The Labute approximate surface area is 199 Å². The molecule has 32 heavy (non-hydrogen) atoms. The molecule has 0 bridgehead atoms. The third-order valence-corrected chi connectivity index (χ3v) is 7.38. The Bertz CT molecular complexity index is 1050. The molecule has 0 aliphatic carbocycles. The molecule has 170 valence electrons. The standard InChI is InChI=1S/C21H22ClN3O5S2/c22-17-13-5-1-2-6-15(13)32-18(17)20(28)24-21(31)25-8-7-23-19(27)14(25)10-16(26)30-11-12-4-3-9-29-12/h1-2,5-6,12,14H,3-4,7-11H2,(H,23,27)(H,24,28,31). The van der Waals surface area contributed by atoms with Crippen LogP contribution < -0.4 is 10.6 Å². The minimum atomic E-state index is -0.869. The van der Waals surface area contributed by atoms with Crippen molar-refractivity contribution < 1.29 is 23.9 Å². The van der Waals surface area contributed by atoms with Crippen LogP contribution in [-0.2, 0) is 19.1 Å². The third-order valence-electron chi connectivity index (χ3n) is 5.37. The number of hydrogen-bond acceptors (Lipinski definition) is 7. The second-order valence-electron chi connectivity index (χ2n) is 7.52. The second kappa shape index (κ2) is 10.1. The van der Waals surface area contributed by atoms with Gasteiger partial charge in [0.15, 0.2) is 5.11 Å². The topological polar surface area (TPSA) is 97.0 Å². The van der Waals surface area contributed by atoms with E-state index in [0.717, 1.165) is 22.9 Å². The van der Waals surface area contributed by atoms with Crippen molar-refractivity contribution in [3.05, 3.63) is 34.2 Å². The maximum absolute atomic E-state index is 12.8. The van der Waals surface area contributed by atoms with Crippen LogP contribution in [0.4, 0.5) is 0 Å². The highest BCUT2D eigenvalue weighted by Gasteiger charge is 2.35. The fraction of sp³-hybridized carbons (Fsp3) is 0.429. The molecule has 2 aliphatic rings. The number of nitrogens with one attached hydrogen (secondary N) is 2. The summed E-state index contributed by atoms with van der Waals surface area (Å²) in [6.07, 6.45) is 1.51. The van der Waals surface area contributed by atoms with Crippen molar-refractivity contribution in [1.82, 2.24) is 15.5 Å². The van der Waals surface area contributed by atoms with Gasteiger partial charge in [-0.3, -0.25) is 19.7 Å². The molecule has 4 rings (SSSR count). The average molecular weight is 496 g/mol. The predicted molar refractivity (Wildman–Crippen MR) is 125 cm³/mol. The number of benzene rings is 1. The van der Waals surface area contributed by atoms with Crippen molar-refractivity contribution in [3.8, 4) is 0 Å². The zero-order valence-corrected chi connectivity index (χ0v) is 19.5. The SMILES string of the molecule is O=C(CC1C(=O)NCCN1C(=S)NC(=O)c1sc2ccccc2c1Cl)OCC1CCCO1. The van der Waals surface area contributed by atoms with Crippen molar-refractivity contribution in [2.75, 3.05) is 26.3 Å². The average Bonchev–Trinajstić information content (AvgIpc) is 3.42. The lowest BCUT2D eigenvalue weighted by molar-refractivity contribution is -0.150. The van der Waals surface area contributed by atoms with Gasteiger partial charge in [0.25, 0.3) is 5.91 Å². The van der Waals surface area contributed by atoms with E-state index in [1.54, 1.807) is 4.90 Å². The molecule has 2 fully saturated rings. The number of ether oxygens (including phenoxy) is 2. The van der Waals surface area contributed by atoms with Crippen molar-refractivity contribution in [2.45, 2.75) is 31.4 Å². The molecule has 0 radical (unpaired) electrons. The number of carbonyl (C=O) groups excluding carboxylic acids is 3. The number of nitrogens with zero attached hydrogens (tertiary/aromatic N) is 1. The van der Waals surface area contributed by atoms with Crippen LogP contribution in [0.25, 0.3) is 10.1 Å². The number of thiocarbonyl (C=S) groups is 1. The molecule has 2 aromatic rings. The van der Waals surface area contributed by atoms with E-state index >= 15 is 0 Å². The number of esters is 1. The number of fused-ring (bicyclic) bond motifs is 1. The quantitative estimate of drug-likeness (QED) is 0.486. The summed E-state index contributed by atoms with van der Waals surface area (Å²) >= 11 is 13.1. The van der Waals surface area contributed by atoms with Gasteiger partial charge in [-0.15, -0.1) is 11.3 Å². The number of piperazine rings is 1. The van der Waals surface area contributed by atoms with Crippen molar-refractivity contribution in [3.63, 3.8) is 0 Å². The summed E-state index contributed by atoms with van der Waals surface area (Å²) in [6, 6.07) is 6.58. The van der Waals surface area contributed by atoms with Gasteiger partial charge < -0.3 is 19.7 Å². The highest BCUT2D eigenvalue weighted by molar-refractivity contribution is 7.80. The first-order chi connectivity index (χ1) is 15.4. The van der Waals surface area contributed by atoms with Gasteiger partial charge in [-0.25, -0.2) is 0 Å². The van der Waals surface area contributed by atoms with Gasteiger partial charge in [0, 0.05) is 29.8 Å². The van der Waals surface area contributed by atoms with E-state index in [1.807, 2.05) is 24.3 Å². The van der Waals surface area contributed by atoms with E-state index in [2.05, 4.69) is 10.6 Å². The Balaban J connectivity index is 1.40. The van der Waals surface area contributed by atoms with Crippen LogP contribution in [0, 0.1) is 0 Å². The molecule has 2 amide bonds. The molecular weight excluding hydrogens is 474 g/mol. The second-order valence-corrected chi connectivity index (χ2v) is 9.34. The number of rotatable bonds is 5. The molecule has 2 unspecified atom stereocenters. The number of carbonyl (C=O) groups is 3. The largest absolute Gasteiger partial charge is 0.463 e. The molecule has 2 aliphatic heterocycles. The van der Waals surface area contributed by atoms with Crippen molar-refractivity contribution in [2.24, 2.45) is 0 Å². The van der Waals surface area contributed by atoms with Crippen LogP contribution >= 0.6 is 35.2 Å². The first-order valence-corrected chi connectivity index (χ1v) is 11.9. The number of thiophene rings is 1. The van der Waals surface area contributed by atoms with Gasteiger partial charge in [0.2, 0.25) is 5.91 Å². The Kier molecular flexibility index (Phi) is 7.24. The van der Waals surface area contributed by atoms with Gasteiger partial charge in [-0.05, 0) is 31.1 Å². The van der Waals surface area contributed by atoms with E-state index in [0.29, 0.717) is 29.6 Å². The molecule has 2 N–H and O–H groups in total. The zero-order valence-electron chi connectivity index (χ0n) is 17.1. The van der Waals surface area contributed by atoms with Gasteiger partial charge in [0.05, 0.1) is 17.5 Å². The maximum Gasteiger partial charge on any atom is 0.308 e. The van der Waals surface area contributed by atoms with Crippen LogP contribution in [0.15, 0.2) is 24.3 Å². The molecule has 1 aromatic carbocycles. The van der Waals surface area contributed by atoms with Gasteiger partial charge >= 0.3 is 5.97 Å². The molecule has 11 heteroatoms. The third kappa shape index (κ3) is 5.03. The highest BCUT2D eigenvalue weighted by atomic mass is 35.5. The molecular formula is C21H22ClN3O5S2. The Morgan fingerprint density at radius 3 is 2.94 bits per heavy atom. The van der Waals surface area contributed by atoms with Gasteiger partial charge in [-0.2, -0.15) is 0 Å². The number of hydrogen-bond donors (Lipinski definition) is 2. The predicted octanol–water partition coefficient (Wildman–Crippen LogP) is 2.48. The molecule has 0 spiro atoms. The van der Waals surface area contributed by atoms with E-state index in [-0.39, 0.29) is 30.2 Å². The van der Waals surface area contributed by atoms with Gasteiger partial charge in [-0.1, -0.05) is 29.8 Å². The lowest BCUT2D eigenvalue weighted by Gasteiger charge is -2.36. The van der Waals surface area contributed by atoms with Gasteiger partial charge in [0.1, 0.15) is 17.5 Å². The molecule has 2 saturated heterocycles. The normalized spacial score (nSPS) is 20.8. The molecule has 1 aromatic heterocycles. The van der Waals surface area contributed by atoms with E-state index in [9.17, 15) is 14.4 Å². The Hall–Kier alpha value is -2.27. The zero-order chi connectivity index (χ0) is 22.7. The monoisotopic (exact) mass is 495 g/mol. The Morgan fingerprint density at radius 1 is 1.38 bits per heavy atom. The fourth-order valence-corrected chi connectivity index (χ4v) is 5.45. The Morgan fingerprint density at radius 2 is 2.19 bits per heavy atom. The first kappa shape index (κ1) is 22.9.